The number of hydrogen-bond donors (Lipinski definition) is 1. The number of methoxy groups -OCH3 is 2. The molecule has 1 fully saturated rings. The maximum absolute atomic E-state index is 12.6. The Morgan fingerprint density at radius 3 is 2.64 bits per heavy atom. The Bertz CT molecular complexity index is 806. The van der Waals surface area contributed by atoms with Crippen molar-refractivity contribution in [3.8, 4) is 5.75 Å². The van der Waals surface area contributed by atoms with E-state index in [0.29, 0.717) is 13.2 Å². The normalized spacial score (nSPS) is 17.0. The van der Waals surface area contributed by atoms with Crippen molar-refractivity contribution in [2.45, 2.75) is 39.7 Å². The van der Waals surface area contributed by atoms with Gasteiger partial charge in [-0.25, -0.2) is 0 Å². The van der Waals surface area contributed by atoms with E-state index in [-0.39, 0.29) is 5.97 Å². The van der Waals surface area contributed by atoms with E-state index in [1.54, 1.807) is 14.2 Å². The molecule has 28 heavy (non-hydrogen) atoms. The molecule has 2 heterocycles. The maximum Gasteiger partial charge on any atom is 0.312 e. The lowest BCUT2D eigenvalue weighted by Crippen LogP contribution is -2.45. The van der Waals surface area contributed by atoms with Crippen molar-refractivity contribution in [2.75, 3.05) is 40.5 Å². The highest BCUT2D eigenvalue weighted by molar-refractivity contribution is 5.85. The third-order valence-corrected chi connectivity index (χ3v) is 6.06. The van der Waals surface area contributed by atoms with Gasteiger partial charge >= 0.3 is 5.97 Å². The molecule has 0 spiro atoms. The molecule has 154 valence electrons. The average Bonchev–Trinajstić information content (AvgIpc) is 3.02. The Morgan fingerprint density at radius 2 is 2.00 bits per heavy atom. The first-order valence-corrected chi connectivity index (χ1v) is 10.1. The van der Waals surface area contributed by atoms with Gasteiger partial charge in [0.1, 0.15) is 5.75 Å². The molecule has 6 nitrogen and oxygen atoms in total. The summed E-state index contributed by atoms with van der Waals surface area (Å²) in [5, 5.41) is 1.20. The van der Waals surface area contributed by atoms with Gasteiger partial charge in [0.25, 0.3) is 0 Å². The van der Waals surface area contributed by atoms with Crippen LogP contribution in [0.15, 0.2) is 18.2 Å². The zero-order valence-electron chi connectivity index (χ0n) is 17.5. The molecule has 1 aliphatic heterocycles. The second kappa shape index (κ2) is 8.97. The number of piperidine rings is 1. The largest absolute Gasteiger partial charge is 0.497 e. The molecular weight excluding hydrogens is 356 g/mol. The first-order valence-electron chi connectivity index (χ1n) is 10.1. The Morgan fingerprint density at radius 1 is 1.25 bits per heavy atom. The number of carbonyl (C=O) groups is 1. The highest BCUT2D eigenvalue weighted by Crippen LogP contribution is 2.37. The van der Waals surface area contributed by atoms with Crippen LogP contribution in [0.2, 0.25) is 0 Å². The molecule has 0 unspecified atom stereocenters. The van der Waals surface area contributed by atoms with E-state index < -0.39 is 5.41 Å². The van der Waals surface area contributed by atoms with Gasteiger partial charge in [0.2, 0.25) is 0 Å². The van der Waals surface area contributed by atoms with Crippen LogP contribution in [0.5, 0.6) is 5.75 Å². The van der Waals surface area contributed by atoms with Crippen molar-refractivity contribution >= 4 is 16.9 Å². The van der Waals surface area contributed by atoms with Crippen LogP contribution in [0, 0.1) is 12.3 Å². The van der Waals surface area contributed by atoms with E-state index in [0.717, 1.165) is 50.2 Å². The van der Waals surface area contributed by atoms with E-state index in [9.17, 15) is 4.79 Å². The maximum atomic E-state index is 12.6. The lowest BCUT2D eigenvalue weighted by Gasteiger charge is -2.39. The third kappa shape index (κ3) is 4.18. The minimum absolute atomic E-state index is 0.0689. The topological polar surface area (TPSA) is 63.8 Å². The summed E-state index contributed by atoms with van der Waals surface area (Å²) in [6.07, 6.45) is 2.34. The van der Waals surface area contributed by atoms with Crippen molar-refractivity contribution < 1.29 is 19.0 Å². The summed E-state index contributed by atoms with van der Waals surface area (Å²) in [6.45, 7) is 7.63. The van der Waals surface area contributed by atoms with Gasteiger partial charge in [-0.3, -0.25) is 9.69 Å². The standard InChI is InChI=1S/C22H32N2O4/c1-5-28-21(25)22(10-13-26-3)8-11-24(12-9-22)15-20-16(2)18-14-17(27-4)6-7-19(18)23-20/h6-7,14,23H,5,8-13,15H2,1-4H3. The van der Waals surface area contributed by atoms with Gasteiger partial charge in [-0.15, -0.1) is 0 Å². The van der Waals surface area contributed by atoms with E-state index in [4.69, 9.17) is 14.2 Å². The number of ether oxygens (including phenoxy) is 3. The summed E-state index contributed by atoms with van der Waals surface area (Å²) >= 11 is 0. The number of fused-ring (bicyclic) bond motifs is 1. The number of esters is 1. The Kier molecular flexibility index (Phi) is 6.62. The number of nitrogens with zero attached hydrogens (tertiary/aromatic N) is 1. The molecule has 6 heteroatoms. The average molecular weight is 389 g/mol. The summed E-state index contributed by atoms with van der Waals surface area (Å²) in [6, 6.07) is 6.13. The number of nitrogens with one attached hydrogen (secondary N) is 1. The molecule has 2 aromatic rings. The lowest BCUT2D eigenvalue weighted by atomic mass is 9.75. The van der Waals surface area contributed by atoms with Gasteiger partial charge in [-0.1, -0.05) is 0 Å². The van der Waals surface area contributed by atoms with Gasteiger partial charge in [-0.2, -0.15) is 0 Å². The van der Waals surface area contributed by atoms with E-state index in [1.165, 1.54) is 16.6 Å². The minimum atomic E-state index is -0.411. The van der Waals surface area contributed by atoms with Crippen LogP contribution in [0.3, 0.4) is 0 Å². The number of rotatable bonds is 8. The van der Waals surface area contributed by atoms with Crippen molar-refractivity contribution in [3.05, 3.63) is 29.5 Å². The second-order valence-corrected chi connectivity index (χ2v) is 7.66. The highest BCUT2D eigenvalue weighted by Gasteiger charge is 2.42. The summed E-state index contributed by atoms with van der Waals surface area (Å²) in [4.78, 5) is 18.6. The van der Waals surface area contributed by atoms with Crippen LogP contribution in [-0.4, -0.2) is 56.4 Å². The van der Waals surface area contributed by atoms with Crippen LogP contribution in [-0.2, 0) is 20.8 Å². The molecule has 3 rings (SSSR count). The van der Waals surface area contributed by atoms with E-state index >= 15 is 0 Å². The monoisotopic (exact) mass is 388 g/mol. The number of aryl methyl sites for hydroxylation is 1. The first-order chi connectivity index (χ1) is 13.5. The van der Waals surface area contributed by atoms with E-state index in [1.807, 2.05) is 13.0 Å². The second-order valence-electron chi connectivity index (χ2n) is 7.66. The van der Waals surface area contributed by atoms with Gasteiger partial charge in [0, 0.05) is 36.9 Å². The third-order valence-electron chi connectivity index (χ3n) is 6.06. The van der Waals surface area contributed by atoms with Gasteiger partial charge in [0.05, 0.1) is 19.1 Å². The molecule has 0 amide bonds. The molecule has 1 saturated heterocycles. The fourth-order valence-electron chi connectivity index (χ4n) is 4.15. The molecule has 1 aromatic carbocycles. The van der Waals surface area contributed by atoms with Crippen LogP contribution in [0.1, 0.15) is 37.4 Å². The fraction of sp³-hybridized carbons (Fsp3) is 0.591. The Labute approximate surface area is 167 Å². The van der Waals surface area contributed by atoms with Gasteiger partial charge in [0.15, 0.2) is 0 Å². The fourth-order valence-corrected chi connectivity index (χ4v) is 4.15. The summed E-state index contributed by atoms with van der Waals surface area (Å²) in [7, 11) is 3.37. The van der Waals surface area contributed by atoms with Crippen molar-refractivity contribution in [1.29, 1.82) is 0 Å². The molecule has 1 N–H and O–H groups in total. The predicted molar refractivity (Wildman–Crippen MR) is 110 cm³/mol. The minimum Gasteiger partial charge on any atom is -0.497 e. The molecule has 0 aliphatic carbocycles. The number of aromatic amines is 1. The zero-order chi connectivity index (χ0) is 20.1. The molecular formula is C22H32N2O4. The SMILES string of the molecule is CCOC(=O)C1(CCOC)CCN(Cc2[nH]c3ccc(OC)cc3c2C)CC1. The number of aromatic nitrogens is 1. The quantitative estimate of drug-likeness (QED) is 0.699. The summed E-state index contributed by atoms with van der Waals surface area (Å²) in [5.41, 5.74) is 3.20. The molecule has 0 bridgehead atoms. The number of carbonyl (C=O) groups excluding carboxylic acids is 1. The van der Waals surface area contributed by atoms with E-state index in [2.05, 4.69) is 28.9 Å². The van der Waals surface area contributed by atoms with Crippen molar-refractivity contribution in [3.63, 3.8) is 0 Å². The van der Waals surface area contributed by atoms with Gasteiger partial charge in [-0.05, 0) is 70.0 Å². The van der Waals surface area contributed by atoms with Gasteiger partial charge < -0.3 is 19.2 Å². The smallest absolute Gasteiger partial charge is 0.312 e. The summed E-state index contributed by atoms with van der Waals surface area (Å²) < 4.78 is 16.0. The zero-order valence-corrected chi connectivity index (χ0v) is 17.5. The number of benzene rings is 1. The lowest BCUT2D eigenvalue weighted by molar-refractivity contribution is -0.160. The Hall–Kier alpha value is -2.05. The molecule has 0 saturated carbocycles. The number of likely N-dealkylation sites (tertiary alicyclic amines) is 1. The Balaban J connectivity index is 1.70. The molecule has 0 radical (unpaired) electrons. The first kappa shape index (κ1) is 20.7. The van der Waals surface area contributed by atoms with Crippen LogP contribution in [0.25, 0.3) is 10.9 Å². The number of hydrogen-bond acceptors (Lipinski definition) is 5. The molecule has 1 aliphatic rings. The van der Waals surface area contributed by atoms with Crippen molar-refractivity contribution in [2.24, 2.45) is 5.41 Å². The number of H-pyrrole nitrogens is 1. The molecule has 0 atom stereocenters. The predicted octanol–water partition coefficient (Wildman–Crippen LogP) is 3.67. The van der Waals surface area contributed by atoms with Crippen LogP contribution < -0.4 is 4.74 Å². The van der Waals surface area contributed by atoms with Crippen LogP contribution >= 0.6 is 0 Å². The highest BCUT2D eigenvalue weighted by atomic mass is 16.5. The molecule has 1 aromatic heterocycles. The summed E-state index contributed by atoms with van der Waals surface area (Å²) in [5.74, 6) is 0.803. The van der Waals surface area contributed by atoms with Crippen LogP contribution in [0.4, 0.5) is 0 Å². The van der Waals surface area contributed by atoms with Crippen molar-refractivity contribution in [1.82, 2.24) is 9.88 Å².